The molecule has 0 unspecified atom stereocenters. The van der Waals surface area contributed by atoms with Crippen molar-refractivity contribution >= 4 is 5.91 Å². The van der Waals surface area contributed by atoms with E-state index < -0.39 is 6.10 Å². The van der Waals surface area contributed by atoms with Crippen molar-refractivity contribution < 1.29 is 28.8 Å². The van der Waals surface area contributed by atoms with E-state index in [0.717, 1.165) is 56.1 Å². The monoisotopic (exact) mass is 461 g/mol. The van der Waals surface area contributed by atoms with Gasteiger partial charge in [0.05, 0.1) is 37.9 Å². The van der Waals surface area contributed by atoms with E-state index in [2.05, 4.69) is 16.8 Å². The topological polar surface area (TPSA) is 83.9 Å². The van der Waals surface area contributed by atoms with E-state index >= 15 is 0 Å². The number of fused-ring (bicyclic) bond motifs is 2. The summed E-state index contributed by atoms with van der Waals surface area (Å²) < 4.78 is 23.2. The normalized spacial score (nSPS) is 31.0. The fourth-order valence-electron chi connectivity index (χ4n) is 5.28. The minimum Gasteiger partial charge on any atom is -0.454 e. The second kappa shape index (κ2) is 10.1. The summed E-state index contributed by atoms with van der Waals surface area (Å²) in [7, 11) is 2.09. The van der Waals surface area contributed by atoms with E-state index in [4.69, 9.17) is 18.9 Å². The molecule has 3 fully saturated rings. The number of ether oxygens (including phenoxy) is 4. The van der Waals surface area contributed by atoms with Crippen LogP contribution in [0, 0.1) is 0 Å². The van der Waals surface area contributed by atoms with E-state index in [0.29, 0.717) is 26.1 Å². The molecule has 0 bridgehead atoms. The van der Waals surface area contributed by atoms with Crippen molar-refractivity contribution in [2.24, 2.45) is 0 Å². The number of β-amino-alcohol motifs (C(OH)–C–C–N with tert-alkyl or cyclic N) is 1. The van der Waals surface area contributed by atoms with Crippen molar-refractivity contribution in [1.82, 2.24) is 14.7 Å². The number of hydrogen-bond donors (Lipinski definition) is 1. The highest BCUT2D eigenvalue weighted by Gasteiger charge is 2.38. The molecule has 4 heterocycles. The van der Waals surface area contributed by atoms with E-state index in [-0.39, 0.29) is 37.6 Å². The van der Waals surface area contributed by atoms with Gasteiger partial charge in [-0.15, -0.1) is 0 Å². The first-order valence-corrected chi connectivity index (χ1v) is 12.1. The Balaban J connectivity index is 1.23. The molecular formula is C24H35N3O6. The Labute approximate surface area is 195 Å². The maximum absolute atomic E-state index is 12.8. The summed E-state index contributed by atoms with van der Waals surface area (Å²) in [6, 6.07) is 6.13. The third-order valence-electron chi connectivity index (χ3n) is 7.17. The van der Waals surface area contributed by atoms with Crippen LogP contribution in [0.3, 0.4) is 0 Å². The SMILES string of the molecule is CN1CCN(C(=O)C[C@@H]2CC[C@H]3[C@@H](COC[C@H](O)CN3Cc3ccc4c(c3)OCO4)O2)CC1. The van der Waals surface area contributed by atoms with E-state index in [1.54, 1.807) is 0 Å². The summed E-state index contributed by atoms with van der Waals surface area (Å²) in [6.07, 6.45) is 1.42. The fraction of sp³-hybridized carbons (Fsp3) is 0.708. The number of carbonyl (C=O) groups excluding carboxylic acids is 1. The van der Waals surface area contributed by atoms with Crippen molar-refractivity contribution in [3.8, 4) is 11.5 Å². The minimum absolute atomic E-state index is 0.0845. The summed E-state index contributed by atoms with van der Waals surface area (Å²) in [5.74, 6) is 1.72. The first-order valence-electron chi connectivity index (χ1n) is 12.1. The molecule has 3 saturated heterocycles. The van der Waals surface area contributed by atoms with Crippen LogP contribution in [0.5, 0.6) is 11.5 Å². The van der Waals surface area contributed by atoms with Gasteiger partial charge >= 0.3 is 0 Å². The second-order valence-electron chi connectivity index (χ2n) is 9.64. The average Bonchev–Trinajstić information content (AvgIpc) is 3.26. The molecule has 0 radical (unpaired) electrons. The van der Waals surface area contributed by atoms with E-state index in [1.165, 1.54) is 0 Å². The van der Waals surface area contributed by atoms with Crippen molar-refractivity contribution in [3.05, 3.63) is 23.8 Å². The molecule has 0 aliphatic carbocycles. The average molecular weight is 462 g/mol. The summed E-state index contributed by atoms with van der Waals surface area (Å²) in [4.78, 5) is 19.3. The Hall–Kier alpha value is -1.91. The summed E-state index contributed by atoms with van der Waals surface area (Å²) >= 11 is 0. The summed E-state index contributed by atoms with van der Waals surface area (Å²) in [5.41, 5.74) is 1.11. The molecule has 4 atom stereocenters. The number of aliphatic hydroxyl groups is 1. The molecule has 5 rings (SSSR count). The van der Waals surface area contributed by atoms with Crippen LogP contribution in [0.1, 0.15) is 24.8 Å². The molecular weight excluding hydrogens is 426 g/mol. The lowest BCUT2D eigenvalue weighted by molar-refractivity contribution is -0.161. The highest BCUT2D eigenvalue weighted by Crippen LogP contribution is 2.34. The van der Waals surface area contributed by atoms with Crippen molar-refractivity contribution in [2.45, 2.75) is 50.2 Å². The molecule has 1 amide bonds. The number of aliphatic hydroxyl groups excluding tert-OH is 1. The second-order valence-corrected chi connectivity index (χ2v) is 9.64. The molecule has 9 heteroatoms. The lowest BCUT2D eigenvalue weighted by atomic mass is 9.94. The standard InChI is InChI=1S/C24H35N3O6/c1-25-6-8-26(9-7-25)24(29)11-19-3-4-20-23(33-19)15-30-14-18(28)13-27(20)12-17-2-5-21-22(10-17)32-16-31-21/h2,5,10,18-20,23,28H,3-4,6-9,11-16H2,1H3/t18-,19+,20+,23-/m1/s1. The first-order chi connectivity index (χ1) is 16.0. The van der Waals surface area contributed by atoms with Crippen LogP contribution >= 0.6 is 0 Å². The number of carbonyl (C=O) groups is 1. The first kappa shape index (κ1) is 22.9. The molecule has 1 aromatic carbocycles. The number of likely N-dealkylation sites (N-methyl/N-ethyl adjacent to an activating group) is 1. The van der Waals surface area contributed by atoms with Gasteiger partial charge in [0.1, 0.15) is 0 Å². The van der Waals surface area contributed by atoms with Crippen LogP contribution in [0.2, 0.25) is 0 Å². The van der Waals surface area contributed by atoms with Gasteiger partial charge in [-0.2, -0.15) is 0 Å². The Kier molecular flexibility index (Phi) is 7.03. The summed E-state index contributed by atoms with van der Waals surface area (Å²) in [6.45, 7) is 5.60. The number of rotatable bonds is 4. The quantitative estimate of drug-likeness (QED) is 0.701. The molecule has 1 aromatic rings. The Morgan fingerprint density at radius 1 is 1.09 bits per heavy atom. The van der Waals surface area contributed by atoms with Crippen LogP contribution in [-0.4, -0.2) is 110 Å². The molecule has 1 N–H and O–H groups in total. The number of nitrogens with zero attached hydrogens (tertiary/aromatic N) is 3. The van der Waals surface area contributed by atoms with E-state index in [9.17, 15) is 9.90 Å². The Morgan fingerprint density at radius 3 is 2.76 bits per heavy atom. The molecule has 33 heavy (non-hydrogen) atoms. The maximum atomic E-state index is 12.8. The van der Waals surface area contributed by atoms with Gasteiger partial charge < -0.3 is 33.9 Å². The molecule has 4 aliphatic rings. The smallest absolute Gasteiger partial charge is 0.231 e. The van der Waals surface area contributed by atoms with Gasteiger partial charge in [0, 0.05) is 45.3 Å². The van der Waals surface area contributed by atoms with Crippen LogP contribution in [0.4, 0.5) is 0 Å². The number of benzene rings is 1. The molecule has 0 saturated carbocycles. The van der Waals surface area contributed by atoms with Crippen molar-refractivity contribution in [3.63, 3.8) is 0 Å². The number of amides is 1. The van der Waals surface area contributed by atoms with Crippen LogP contribution < -0.4 is 9.47 Å². The maximum Gasteiger partial charge on any atom is 0.231 e. The van der Waals surface area contributed by atoms with Gasteiger partial charge in [-0.25, -0.2) is 0 Å². The predicted octanol–water partition coefficient (Wildman–Crippen LogP) is 0.689. The third-order valence-corrected chi connectivity index (χ3v) is 7.17. The molecule has 0 aromatic heterocycles. The molecule has 4 aliphatic heterocycles. The molecule has 9 nitrogen and oxygen atoms in total. The highest BCUT2D eigenvalue weighted by atomic mass is 16.7. The van der Waals surface area contributed by atoms with Crippen molar-refractivity contribution in [2.75, 3.05) is 59.8 Å². The number of piperazine rings is 1. The Morgan fingerprint density at radius 2 is 1.91 bits per heavy atom. The van der Waals surface area contributed by atoms with Crippen LogP contribution in [-0.2, 0) is 20.8 Å². The van der Waals surface area contributed by atoms with Crippen LogP contribution in [0.15, 0.2) is 18.2 Å². The molecule has 0 spiro atoms. The van der Waals surface area contributed by atoms with Gasteiger partial charge in [-0.3, -0.25) is 9.69 Å². The minimum atomic E-state index is -0.545. The van der Waals surface area contributed by atoms with Gasteiger partial charge in [0.15, 0.2) is 11.5 Å². The summed E-state index contributed by atoms with van der Waals surface area (Å²) in [5, 5.41) is 10.4. The van der Waals surface area contributed by atoms with Gasteiger partial charge in [-0.1, -0.05) is 6.07 Å². The van der Waals surface area contributed by atoms with Crippen LogP contribution in [0.25, 0.3) is 0 Å². The van der Waals surface area contributed by atoms with Gasteiger partial charge in [0.2, 0.25) is 12.7 Å². The molecule has 182 valence electrons. The zero-order valence-electron chi connectivity index (χ0n) is 19.4. The zero-order valence-corrected chi connectivity index (χ0v) is 19.4. The van der Waals surface area contributed by atoms with Crippen molar-refractivity contribution in [1.29, 1.82) is 0 Å². The number of hydrogen-bond acceptors (Lipinski definition) is 8. The third kappa shape index (κ3) is 5.44. The van der Waals surface area contributed by atoms with Gasteiger partial charge in [0.25, 0.3) is 0 Å². The lowest BCUT2D eigenvalue weighted by Gasteiger charge is -2.45. The van der Waals surface area contributed by atoms with E-state index in [1.807, 2.05) is 23.1 Å². The Bertz CT molecular complexity index is 830. The zero-order chi connectivity index (χ0) is 22.8. The van der Waals surface area contributed by atoms with Gasteiger partial charge in [-0.05, 0) is 37.6 Å². The largest absolute Gasteiger partial charge is 0.454 e. The highest BCUT2D eigenvalue weighted by molar-refractivity contribution is 5.76. The fourth-order valence-corrected chi connectivity index (χ4v) is 5.28. The lowest BCUT2D eigenvalue weighted by Crippen LogP contribution is -2.55. The predicted molar refractivity (Wildman–Crippen MR) is 120 cm³/mol.